The molecule has 1 aromatic rings. The molecule has 2 rings (SSSR count). The summed E-state index contributed by atoms with van der Waals surface area (Å²) in [7, 11) is 0. The molecule has 0 bridgehead atoms. The number of hydrogen-bond donors (Lipinski definition) is 3. The van der Waals surface area contributed by atoms with Crippen LogP contribution in [0, 0.1) is 0 Å². The lowest BCUT2D eigenvalue weighted by atomic mass is 9.94. The summed E-state index contributed by atoms with van der Waals surface area (Å²) in [5, 5.41) is 19.3. The van der Waals surface area contributed by atoms with Crippen molar-refractivity contribution < 1.29 is 15.0 Å². The molecule has 1 aliphatic rings. The molecule has 0 aliphatic heterocycles. The van der Waals surface area contributed by atoms with Crippen LogP contribution in [-0.4, -0.2) is 16.2 Å². The Morgan fingerprint density at radius 2 is 2.05 bits per heavy atom. The maximum atomic E-state index is 10.6. The van der Waals surface area contributed by atoms with Gasteiger partial charge in [0.25, 0.3) is 0 Å². The van der Waals surface area contributed by atoms with E-state index >= 15 is 0 Å². The lowest BCUT2D eigenvalue weighted by Gasteiger charge is -2.18. The van der Waals surface area contributed by atoms with Gasteiger partial charge in [-0.25, -0.2) is 0 Å². The fraction of sp³-hybridized carbons (Fsp3) is 0.533. The van der Waals surface area contributed by atoms with Gasteiger partial charge in [-0.1, -0.05) is 24.1 Å². The topological polar surface area (TPSA) is 83.6 Å². The first kappa shape index (κ1) is 15.1. The number of phenols is 1. The Hall–Kier alpha value is -1.26. The van der Waals surface area contributed by atoms with Gasteiger partial charge in [0.15, 0.2) is 0 Å². The zero-order valence-electron chi connectivity index (χ0n) is 11.4. The van der Waals surface area contributed by atoms with Gasteiger partial charge in [0.1, 0.15) is 5.75 Å². The Balaban J connectivity index is 2.32. The molecule has 1 atom stereocenters. The number of aryl methyl sites for hydroxylation is 1. The van der Waals surface area contributed by atoms with E-state index in [1.54, 1.807) is 0 Å². The zero-order chi connectivity index (χ0) is 14.7. The molecule has 5 heteroatoms. The number of halogens is 1. The van der Waals surface area contributed by atoms with Crippen molar-refractivity contribution in [3.63, 3.8) is 0 Å². The van der Waals surface area contributed by atoms with Crippen LogP contribution in [0.1, 0.15) is 54.8 Å². The number of hydrogen-bond acceptors (Lipinski definition) is 3. The molecule has 1 aromatic carbocycles. The molecule has 0 radical (unpaired) electrons. The number of carboxylic acids is 1. The molecule has 4 N–H and O–H groups in total. The summed E-state index contributed by atoms with van der Waals surface area (Å²) in [4.78, 5) is 10.6. The summed E-state index contributed by atoms with van der Waals surface area (Å²) in [6.07, 6.45) is 5.44. The van der Waals surface area contributed by atoms with Gasteiger partial charge in [-0.05, 0) is 43.2 Å². The largest absolute Gasteiger partial charge is 0.506 e. The molecular weight excluding hydrogens is 278 g/mol. The van der Waals surface area contributed by atoms with Gasteiger partial charge in [0, 0.05) is 18.0 Å². The smallest absolute Gasteiger partial charge is 0.303 e. The normalized spacial score (nSPS) is 16.3. The molecule has 0 aromatic heterocycles. The number of fused-ring (bicyclic) bond motifs is 1. The summed E-state index contributed by atoms with van der Waals surface area (Å²) in [5.74, 6) is -0.869. The molecule has 0 saturated carbocycles. The number of rotatable bonds is 4. The minimum Gasteiger partial charge on any atom is -0.506 e. The van der Waals surface area contributed by atoms with Crippen molar-refractivity contribution >= 4 is 17.6 Å². The van der Waals surface area contributed by atoms with E-state index in [4.69, 9.17) is 22.4 Å². The number of carbonyl (C=O) groups is 1. The molecule has 1 unspecified atom stereocenters. The van der Waals surface area contributed by atoms with Gasteiger partial charge in [-0.15, -0.1) is 0 Å². The summed E-state index contributed by atoms with van der Waals surface area (Å²) in [5.41, 5.74) is 8.74. The van der Waals surface area contributed by atoms with Gasteiger partial charge in [0.05, 0.1) is 5.02 Å². The second kappa shape index (κ2) is 6.46. The number of aromatic hydroxyl groups is 1. The highest BCUT2D eigenvalue weighted by Crippen LogP contribution is 2.39. The molecule has 0 saturated heterocycles. The zero-order valence-corrected chi connectivity index (χ0v) is 12.1. The van der Waals surface area contributed by atoms with Gasteiger partial charge in [0.2, 0.25) is 0 Å². The number of nitrogens with two attached hydrogens (primary N) is 1. The number of carboxylic acid groups (broad SMARTS) is 1. The van der Waals surface area contributed by atoms with Crippen molar-refractivity contribution in [2.75, 3.05) is 0 Å². The third-order valence-electron chi connectivity index (χ3n) is 3.91. The minimum atomic E-state index is -0.888. The van der Waals surface area contributed by atoms with E-state index in [1.807, 2.05) is 6.07 Å². The maximum Gasteiger partial charge on any atom is 0.303 e. The highest BCUT2D eigenvalue weighted by Gasteiger charge is 2.21. The Kier molecular flexibility index (Phi) is 4.89. The van der Waals surface area contributed by atoms with Crippen LogP contribution in [-0.2, 0) is 17.6 Å². The highest BCUT2D eigenvalue weighted by molar-refractivity contribution is 6.33. The van der Waals surface area contributed by atoms with E-state index in [1.165, 1.54) is 0 Å². The lowest BCUT2D eigenvalue weighted by Crippen LogP contribution is -2.13. The average molecular weight is 298 g/mol. The lowest BCUT2D eigenvalue weighted by molar-refractivity contribution is -0.137. The standard InChI is InChI=1S/C15H20ClNO3/c16-14-10-5-3-1-2-4-9(10)8-11(15(14)20)12(17)6-7-13(18)19/h8,12,20H,1-7,17H2,(H,18,19). The third-order valence-corrected chi connectivity index (χ3v) is 4.31. The molecule has 4 nitrogen and oxygen atoms in total. The maximum absolute atomic E-state index is 10.6. The molecule has 1 aliphatic carbocycles. The number of benzene rings is 1. The van der Waals surface area contributed by atoms with Crippen LogP contribution >= 0.6 is 11.6 Å². The van der Waals surface area contributed by atoms with Crippen molar-refractivity contribution in [3.05, 3.63) is 27.8 Å². The van der Waals surface area contributed by atoms with E-state index in [9.17, 15) is 9.90 Å². The van der Waals surface area contributed by atoms with Gasteiger partial charge >= 0.3 is 5.97 Å². The van der Waals surface area contributed by atoms with Gasteiger partial charge in [-0.2, -0.15) is 0 Å². The Morgan fingerprint density at radius 3 is 2.75 bits per heavy atom. The number of aliphatic carboxylic acids is 1. The monoisotopic (exact) mass is 297 g/mol. The molecule has 0 spiro atoms. The van der Waals surface area contributed by atoms with E-state index in [0.29, 0.717) is 10.6 Å². The molecule has 110 valence electrons. The molecule has 0 heterocycles. The first-order valence-corrected chi connectivity index (χ1v) is 7.39. The SMILES string of the molecule is NC(CCC(=O)O)c1cc2c(c(Cl)c1O)CCCCC2. The second-order valence-electron chi connectivity index (χ2n) is 5.37. The molecule has 20 heavy (non-hydrogen) atoms. The average Bonchev–Trinajstić information content (AvgIpc) is 2.65. The minimum absolute atomic E-state index is 0.0185. The Labute approximate surface area is 123 Å². The van der Waals surface area contributed by atoms with Crippen molar-refractivity contribution in [1.29, 1.82) is 0 Å². The van der Waals surface area contributed by atoms with Gasteiger partial charge < -0.3 is 15.9 Å². The van der Waals surface area contributed by atoms with E-state index in [0.717, 1.165) is 43.2 Å². The van der Waals surface area contributed by atoms with Crippen LogP contribution < -0.4 is 5.73 Å². The van der Waals surface area contributed by atoms with E-state index in [2.05, 4.69) is 0 Å². The fourth-order valence-corrected chi connectivity index (χ4v) is 3.08. The summed E-state index contributed by atoms with van der Waals surface area (Å²) in [6.45, 7) is 0. The predicted molar refractivity (Wildman–Crippen MR) is 78.2 cm³/mol. The second-order valence-corrected chi connectivity index (χ2v) is 5.74. The summed E-state index contributed by atoms with van der Waals surface area (Å²) in [6, 6.07) is 1.41. The first-order chi connectivity index (χ1) is 9.50. The fourth-order valence-electron chi connectivity index (χ4n) is 2.76. The molecule has 0 fully saturated rings. The van der Waals surface area contributed by atoms with Crippen molar-refractivity contribution in [3.8, 4) is 5.75 Å². The Bertz CT molecular complexity index is 516. The van der Waals surface area contributed by atoms with Crippen LogP contribution in [0.25, 0.3) is 0 Å². The van der Waals surface area contributed by atoms with Crippen molar-refractivity contribution in [2.45, 2.75) is 51.0 Å². The summed E-state index contributed by atoms with van der Waals surface area (Å²) < 4.78 is 0. The summed E-state index contributed by atoms with van der Waals surface area (Å²) >= 11 is 6.27. The molecule has 0 amide bonds. The van der Waals surface area contributed by atoms with Crippen LogP contribution in [0.3, 0.4) is 0 Å². The van der Waals surface area contributed by atoms with Gasteiger partial charge in [-0.3, -0.25) is 4.79 Å². The quantitative estimate of drug-likeness (QED) is 0.745. The number of phenolic OH excluding ortho intramolecular Hbond substituents is 1. The van der Waals surface area contributed by atoms with Crippen LogP contribution in [0.5, 0.6) is 5.75 Å². The highest BCUT2D eigenvalue weighted by atomic mass is 35.5. The molecular formula is C15H20ClNO3. The Morgan fingerprint density at radius 1 is 1.35 bits per heavy atom. The van der Waals surface area contributed by atoms with Crippen molar-refractivity contribution in [2.24, 2.45) is 5.73 Å². The van der Waals surface area contributed by atoms with E-state index < -0.39 is 12.0 Å². The predicted octanol–water partition coefficient (Wildman–Crippen LogP) is 3.18. The van der Waals surface area contributed by atoms with Crippen LogP contribution in [0.4, 0.5) is 0 Å². The third kappa shape index (κ3) is 3.25. The van der Waals surface area contributed by atoms with Crippen LogP contribution in [0.15, 0.2) is 6.07 Å². The van der Waals surface area contributed by atoms with Crippen molar-refractivity contribution in [1.82, 2.24) is 0 Å². The first-order valence-electron chi connectivity index (χ1n) is 7.01. The van der Waals surface area contributed by atoms with E-state index in [-0.39, 0.29) is 18.6 Å². The van der Waals surface area contributed by atoms with Crippen LogP contribution in [0.2, 0.25) is 5.02 Å².